The molecule has 2 aromatic carbocycles. The number of hydrogen-bond acceptors (Lipinski definition) is 4. The molecule has 2 aromatic heterocycles. The van der Waals surface area contributed by atoms with E-state index in [2.05, 4.69) is 57.7 Å². The smallest absolute Gasteiger partial charge is 0.252 e. The van der Waals surface area contributed by atoms with Crippen molar-refractivity contribution in [2.75, 3.05) is 5.32 Å². The van der Waals surface area contributed by atoms with Gasteiger partial charge < -0.3 is 5.32 Å². The number of fused-ring (bicyclic) bond motifs is 4. The minimum atomic E-state index is -0.0520. The number of anilines is 2. The molecule has 0 saturated carbocycles. The van der Waals surface area contributed by atoms with Crippen molar-refractivity contribution in [2.45, 2.75) is 19.9 Å². The molecule has 27 heavy (non-hydrogen) atoms. The molecule has 0 atom stereocenters. The standard InChI is InChI=1S/C22H18N4O/c1-2-26-20(27)10-8-16-13-23-22(25-21(16)26)24-17-9-7-15-11-14-5-3-4-6-18(14)19(15)12-17/h3-10,12-13H,2,11H2,1H3,(H,23,24,25). The van der Waals surface area contributed by atoms with Gasteiger partial charge in [-0.25, -0.2) is 4.98 Å². The molecular weight excluding hydrogens is 336 g/mol. The van der Waals surface area contributed by atoms with E-state index in [0.717, 1.165) is 17.5 Å². The second-order valence-corrected chi connectivity index (χ2v) is 6.72. The van der Waals surface area contributed by atoms with Gasteiger partial charge in [-0.2, -0.15) is 4.98 Å². The third-order valence-corrected chi connectivity index (χ3v) is 5.09. The summed E-state index contributed by atoms with van der Waals surface area (Å²) in [7, 11) is 0. The van der Waals surface area contributed by atoms with Gasteiger partial charge in [-0.05, 0) is 53.8 Å². The molecule has 0 radical (unpaired) electrons. The molecule has 1 aliphatic carbocycles. The average molecular weight is 354 g/mol. The van der Waals surface area contributed by atoms with Crippen LogP contribution < -0.4 is 10.9 Å². The Balaban J connectivity index is 1.54. The summed E-state index contributed by atoms with van der Waals surface area (Å²) in [6.07, 6.45) is 2.72. The first-order valence-electron chi connectivity index (χ1n) is 9.08. The van der Waals surface area contributed by atoms with Crippen LogP contribution >= 0.6 is 0 Å². The third-order valence-electron chi connectivity index (χ3n) is 5.09. The fraction of sp³-hybridized carbons (Fsp3) is 0.136. The second kappa shape index (κ2) is 6.06. The lowest BCUT2D eigenvalue weighted by molar-refractivity contribution is 0.749. The van der Waals surface area contributed by atoms with Gasteiger partial charge >= 0.3 is 0 Å². The van der Waals surface area contributed by atoms with E-state index in [9.17, 15) is 4.79 Å². The molecular formula is C22H18N4O. The quantitative estimate of drug-likeness (QED) is 0.529. The van der Waals surface area contributed by atoms with Crippen molar-refractivity contribution < 1.29 is 0 Å². The van der Waals surface area contributed by atoms with Gasteiger partial charge in [0.25, 0.3) is 5.56 Å². The molecule has 0 unspecified atom stereocenters. The van der Waals surface area contributed by atoms with Crippen LogP contribution in [-0.4, -0.2) is 14.5 Å². The number of nitrogens with one attached hydrogen (secondary N) is 1. The summed E-state index contributed by atoms with van der Waals surface area (Å²) < 4.78 is 1.65. The van der Waals surface area contributed by atoms with Gasteiger partial charge in [0.05, 0.1) is 0 Å². The van der Waals surface area contributed by atoms with Crippen LogP contribution in [0.1, 0.15) is 18.1 Å². The Morgan fingerprint density at radius 1 is 1.04 bits per heavy atom. The Morgan fingerprint density at radius 3 is 2.78 bits per heavy atom. The largest absolute Gasteiger partial charge is 0.324 e. The highest BCUT2D eigenvalue weighted by atomic mass is 16.1. The van der Waals surface area contributed by atoms with Crippen LogP contribution in [0, 0.1) is 0 Å². The first-order valence-corrected chi connectivity index (χ1v) is 9.08. The third kappa shape index (κ3) is 2.59. The molecule has 2 heterocycles. The van der Waals surface area contributed by atoms with E-state index in [1.807, 2.05) is 6.92 Å². The molecule has 0 amide bonds. The summed E-state index contributed by atoms with van der Waals surface area (Å²) in [4.78, 5) is 21.0. The van der Waals surface area contributed by atoms with E-state index in [-0.39, 0.29) is 5.56 Å². The maximum Gasteiger partial charge on any atom is 0.252 e. The highest BCUT2D eigenvalue weighted by Crippen LogP contribution is 2.38. The lowest BCUT2D eigenvalue weighted by atomic mass is 10.1. The van der Waals surface area contributed by atoms with Crippen molar-refractivity contribution in [1.29, 1.82) is 0 Å². The Morgan fingerprint density at radius 2 is 1.89 bits per heavy atom. The van der Waals surface area contributed by atoms with E-state index >= 15 is 0 Å². The van der Waals surface area contributed by atoms with Crippen molar-refractivity contribution in [2.24, 2.45) is 0 Å². The summed E-state index contributed by atoms with van der Waals surface area (Å²) in [5, 5.41) is 4.14. The zero-order chi connectivity index (χ0) is 18.4. The number of aryl methyl sites for hydroxylation is 1. The molecule has 1 N–H and O–H groups in total. The number of rotatable bonds is 3. The van der Waals surface area contributed by atoms with Crippen LogP contribution in [0.3, 0.4) is 0 Å². The number of aromatic nitrogens is 3. The predicted octanol–water partition coefficient (Wildman–Crippen LogP) is 4.13. The predicted molar refractivity (Wildman–Crippen MR) is 107 cm³/mol. The molecule has 132 valence electrons. The van der Waals surface area contributed by atoms with Crippen LogP contribution in [0.15, 0.2) is 65.6 Å². The highest BCUT2D eigenvalue weighted by molar-refractivity contribution is 5.80. The Kier molecular flexibility index (Phi) is 3.53. The molecule has 5 rings (SSSR count). The van der Waals surface area contributed by atoms with Crippen molar-refractivity contribution in [3.63, 3.8) is 0 Å². The van der Waals surface area contributed by atoms with E-state index in [1.165, 1.54) is 22.3 Å². The van der Waals surface area contributed by atoms with Crippen molar-refractivity contribution in [1.82, 2.24) is 14.5 Å². The fourth-order valence-electron chi connectivity index (χ4n) is 3.77. The average Bonchev–Trinajstić information content (AvgIpc) is 3.06. The van der Waals surface area contributed by atoms with Gasteiger partial charge in [-0.15, -0.1) is 0 Å². The van der Waals surface area contributed by atoms with Gasteiger partial charge in [0.2, 0.25) is 5.95 Å². The van der Waals surface area contributed by atoms with Gasteiger partial charge in [0.15, 0.2) is 0 Å². The Hall–Kier alpha value is -3.47. The summed E-state index contributed by atoms with van der Waals surface area (Å²) >= 11 is 0. The van der Waals surface area contributed by atoms with Gasteiger partial charge in [-0.1, -0.05) is 30.3 Å². The van der Waals surface area contributed by atoms with Gasteiger partial charge in [0, 0.05) is 29.9 Å². The molecule has 0 aliphatic heterocycles. The lowest BCUT2D eigenvalue weighted by Crippen LogP contribution is -2.19. The van der Waals surface area contributed by atoms with E-state index < -0.39 is 0 Å². The maximum atomic E-state index is 12.1. The first kappa shape index (κ1) is 15.8. The van der Waals surface area contributed by atoms with Crippen LogP contribution in [-0.2, 0) is 13.0 Å². The minimum Gasteiger partial charge on any atom is -0.324 e. The number of benzene rings is 2. The number of hydrogen-bond donors (Lipinski definition) is 1. The summed E-state index contributed by atoms with van der Waals surface area (Å²) in [5.41, 5.74) is 6.76. The van der Waals surface area contributed by atoms with Gasteiger partial charge in [0.1, 0.15) is 5.65 Å². The molecule has 0 bridgehead atoms. The molecule has 1 aliphatic rings. The lowest BCUT2D eigenvalue weighted by Gasteiger charge is -2.10. The molecule has 0 saturated heterocycles. The number of nitrogens with zero attached hydrogens (tertiary/aromatic N) is 3. The molecule has 0 spiro atoms. The first-order chi connectivity index (χ1) is 13.2. The maximum absolute atomic E-state index is 12.1. The molecule has 5 nitrogen and oxygen atoms in total. The van der Waals surface area contributed by atoms with Crippen LogP contribution in [0.5, 0.6) is 0 Å². The zero-order valence-corrected chi connectivity index (χ0v) is 14.9. The van der Waals surface area contributed by atoms with E-state index in [4.69, 9.17) is 0 Å². The van der Waals surface area contributed by atoms with E-state index in [0.29, 0.717) is 18.1 Å². The van der Waals surface area contributed by atoms with Crippen LogP contribution in [0.2, 0.25) is 0 Å². The zero-order valence-electron chi connectivity index (χ0n) is 14.9. The second-order valence-electron chi connectivity index (χ2n) is 6.72. The SMILES string of the molecule is CCn1c(=O)ccc2cnc(Nc3ccc4c(c3)-c3ccccc3C4)nc21. The van der Waals surface area contributed by atoms with Crippen LogP contribution in [0.25, 0.3) is 22.2 Å². The summed E-state index contributed by atoms with van der Waals surface area (Å²) in [5.74, 6) is 0.488. The van der Waals surface area contributed by atoms with Crippen molar-refractivity contribution in [3.05, 3.63) is 82.3 Å². The molecule has 0 fully saturated rings. The Labute approximate surface area is 156 Å². The highest BCUT2D eigenvalue weighted by Gasteiger charge is 2.18. The molecule has 4 aromatic rings. The Bertz CT molecular complexity index is 1240. The van der Waals surface area contributed by atoms with Crippen molar-refractivity contribution in [3.8, 4) is 11.1 Å². The van der Waals surface area contributed by atoms with Crippen molar-refractivity contribution >= 4 is 22.7 Å². The van der Waals surface area contributed by atoms with Crippen LogP contribution in [0.4, 0.5) is 11.6 Å². The normalized spacial score (nSPS) is 12.0. The summed E-state index contributed by atoms with van der Waals surface area (Å²) in [6, 6.07) is 18.2. The minimum absolute atomic E-state index is 0.0520. The molecule has 5 heteroatoms. The van der Waals surface area contributed by atoms with E-state index in [1.54, 1.807) is 22.9 Å². The fourth-order valence-corrected chi connectivity index (χ4v) is 3.77. The topological polar surface area (TPSA) is 59.8 Å². The monoisotopic (exact) mass is 354 g/mol. The van der Waals surface area contributed by atoms with Gasteiger partial charge in [-0.3, -0.25) is 9.36 Å². The summed E-state index contributed by atoms with van der Waals surface area (Å²) in [6.45, 7) is 2.51. The number of pyridine rings is 1.